The molecule has 0 bridgehead atoms. The quantitative estimate of drug-likeness (QED) is 0.836. The Kier molecular flexibility index (Phi) is 4.10. The lowest BCUT2D eigenvalue weighted by molar-refractivity contribution is -0.142. The zero-order valence-electron chi connectivity index (χ0n) is 7.87. The number of hydrogen-bond donors (Lipinski definition) is 1. The van der Waals surface area contributed by atoms with E-state index in [4.69, 9.17) is 5.73 Å². The van der Waals surface area contributed by atoms with E-state index < -0.39 is 6.04 Å². The minimum Gasteiger partial charge on any atom is -0.468 e. The Hall–Kier alpha value is -0.870. The van der Waals surface area contributed by atoms with Crippen LogP contribution in [-0.2, 0) is 16.0 Å². The first-order valence-electron chi connectivity index (χ1n) is 4.21. The van der Waals surface area contributed by atoms with Crippen LogP contribution in [0.1, 0.15) is 5.56 Å². The summed E-state index contributed by atoms with van der Waals surface area (Å²) in [6.07, 6.45) is 0.492. The molecule has 0 spiro atoms. The van der Waals surface area contributed by atoms with Gasteiger partial charge in [0.25, 0.3) is 0 Å². The molecule has 2 N–H and O–H groups in total. The second kappa shape index (κ2) is 5.12. The van der Waals surface area contributed by atoms with Gasteiger partial charge in [0.05, 0.1) is 7.11 Å². The van der Waals surface area contributed by atoms with Crippen LogP contribution in [0.2, 0.25) is 0 Å². The first-order chi connectivity index (χ1) is 6.63. The van der Waals surface area contributed by atoms with Crippen molar-refractivity contribution in [2.45, 2.75) is 12.5 Å². The van der Waals surface area contributed by atoms with Crippen LogP contribution in [0.4, 0.5) is 0 Å². The van der Waals surface area contributed by atoms with Gasteiger partial charge in [0.15, 0.2) is 0 Å². The highest BCUT2D eigenvalue weighted by Crippen LogP contribution is 2.12. The van der Waals surface area contributed by atoms with Crippen molar-refractivity contribution < 1.29 is 9.53 Å². The Morgan fingerprint density at radius 1 is 1.64 bits per heavy atom. The zero-order chi connectivity index (χ0) is 10.6. The summed E-state index contributed by atoms with van der Waals surface area (Å²) in [5.74, 6) is -0.384. The molecular formula is C10H12BrNO2. The summed E-state index contributed by atoms with van der Waals surface area (Å²) in [5, 5.41) is 0. The summed E-state index contributed by atoms with van der Waals surface area (Å²) in [4.78, 5) is 11.0. The zero-order valence-corrected chi connectivity index (χ0v) is 9.45. The molecule has 4 heteroatoms. The van der Waals surface area contributed by atoms with Crippen molar-refractivity contribution in [1.82, 2.24) is 0 Å². The molecule has 0 radical (unpaired) electrons. The van der Waals surface area contributed by atoms with Crippen molar-refractivity contribution in [1.29, 1.82) is 0 Å². The summed E-state index contributed by atoms with van der Waals surface area (Å²) >= 11 is 3.35. The first kappa shape index (κ1) is 11.2. The van der Waals surface area contributed by atoms with E-state index in [1.54, 1.807) is 0 Å². The average molecular weight is 258 g/mol. The van der Waals surface area contributed by atoms with Crippen molar-refractivity contribution >= 4 is 21.9 Å². The molecule has 0 unspecified atom stereocenters. The molecule has 0 saturated heterocycles. The molecule has 0 aliphatic rings. The van der Waals surface area contributed by atoms with E-state index >= 15 is 0 Å². The maximum atomic E-state index is 11.0. The van der Waals surface area contributed by atoms with Gasteiger partial charge in [0.2, 0.25) is 0 Å². The minimum atomic E-state index is -0.589. The summed E-state index contributed by atoms with van der Waals surface area (Å²) in [6.45, 7) is 0. The third-order valence-electron chi connectivity index (χ3n) is 1.85. The molecule has 0 aliphatic heterocycles. The highest BCUT2D eigenvalue weighted by molar-refractivity contribution is 9.10. The Morgan fingerprint density at radius 2 is 2.36 bits per heavy atom. The summed E-state index contributed by atoms with van der Waals surface area (Å²) in [5.41, 5.74) is 6.63. The Balaban J connectivity index is 2.64. The van der Waals surface area contributed by atoms with Crippen molar-refractivity contribution in [3.63, 3.8) is 0 Å². The van der Waals surface area contributed by atoms with Gasteiger partial charge in [0.1, 0.15) is 6.04 Å². The Labute approximate surface area is 91.4 Å². The number of halogens is 1. The third-order valence-corrected chi connectivity index (χ3v) is 2.34. The lowest BCUT2D eigenvalue weighted by atomic mass is 10.1. The summed E-state index contributed by atoms with van der Waals surface area (Å²) in [7, 11) is 1.34. The van der Waals surface area contributed by atoms with Gasteiger partial charge in [-0.1, -0.05) is 28.1 Å². The fourth-order valence-electron chi connectivity index (χ4n) is 1.15. The van der Waals surface area contributed by atoms with Crippen LogP contribution < -0.4 is 5.73 Å². The molecular weight excluding hydrogens is 246 g/mol. The minimum absolute atomic E-state index is 0.384. The second-order valence-corrected chi connectivity index (χ2v) is 3.88. The molecule has 1 atom stereocenters. The number of methoxy groups -OCH3 is 1. The summed E-state index contributed by atoms with van der Waals surface area (Å²) in [6, 6.07) is 7.10. The van der Waals surface area contributed by atoms with Gasteiger partial charge in [-0.2, -0.15) is 0 Å². The molecule has 14 heavy (non-hydrogen) atoms. The van der Waals surface area contributed by atoms with E-state index in [1.807, 2.05) is 24.3 Å². The second-order valence-electron chi connectivity index (χ2n) is 2.96. The van der Waals surface area contributed by atoms with Crippen molar-refractivity contribution in [2.24, 2.45) is 5.73 Å². The van der Waals surface area contributed by atoms with Gasteiger partial charge >= 0.3 is 5.97 Å². The highest BCUT2D eigenvalue weighted by Gasteiger charge is 2.13. The average Bonchev–Trinajstić information content (AvgIpc) is 2.16. The van der Waals surface area contributed by atoms with Crippen molar-refractivity contribution in [2.75, 3.05) is 7.11 Å². The lowest BCUT2D eigenvalue weighted by Crippen LogP contribution is -2.33. The molecule has 76 valence electrons. The van der Waals surface area contributed by atoms with Gasteiger partial charge in [0, 0.05) is 4.47 Å². The molecule has 0 aliphatic carbocycles. The lowest BCUT2D eigenvalue weighted by Gasteiger charge is -2.08. The topological polar surface area (TPSA) is 52.3 Å². The van der Waals surface area contributed by atoms with E-state index in [2.05, 4.69) is 20.7 Å². The molecule has 0 saturated carbocycles. The van der Waals surface area contributed by atoms with Crippen LogP contribution in [0, 0.1) is 0 Å². The van der Waals surface area contributed by atoms with Crippen LogP contribution in [0.15, 0.2) is 28.7 Å². The molecule has 1 aromatic carbocycles. The van der Waals surface area contributed by atoms with Gasteiger partial charge in [-0.15, -0.1) is 0 Å². The fraction of sp³-hybridized carbons (Fsp3) is 0.300. The van der Waals surface area contributed by atoms with Gasteiger partial charge in [-0.3, -0.25) is 4.79 Å². The monoisotopic (exact) mass is 257 g/mol. The number of nitrogens with two attached hydrogens (primary N) is 1. The number of rotatable bonds is 3. The normalized spacial score (nSPS) is 12.2. The van der Waals surface area contributed by atoms with Crippen molar-refractivity contribution in [3.05, 3.63) is 34.3 Å². The molecule has 0 amide bonds. The van der Waals surface area contributed by atoms with E-state index in [-0.39, 0.29) is 5.97 Å². The number of benzene rings is 1. The predicted octanol–water partition coefficient (Wildman–Crippen LogP) is 1.49. The molecule has 0 heterocycles. The molecule has 1 rings (SSSR count). The predicted molar refractivity (Wildman–Crippen MR) is 57.8 cm³/mol. The number of hydrogen-bond acceptors (Lipinski definition) is 3. The fourth-order valence-corrected chi connectivity index (χ4v) is 1.60. The van der Waals surface area contributed by atoms with Gasteiger partial charge in [-0.05, 0) is 24.1 Å². The van der Waals surface area contributed by atoms with Gasteiger partial charge in [-0.25, -0.2) is 0 Å². The number of esters is 1. The van der Waals surface area contributed by atoms with E-state index in [1.165, 1.54) is 7.11 Å². The summed E-state index contributed by atoms with van der Waals surface area (Å²) < 4.78 is 5.52. The maximum Gasteiger partial charge on any atom is 0.322 e. The number of ether oxygens (including phenoxy) is 1. The Bertz CT molecular complexity index is 328. The number of carbonyl (C=O) groups is 1. The van der Waals surface area contributed by atoms with Crippen LogP contribution in [0.5, 0.6) is 0 Å². The third kappa shape index (κ3) is 3.12. The molecule has 3 nitrogen and oxygen atoms in total. The Morgan fingerprint density at radius 3 is 2.93 bits per heavy atom. The first-order valence-corrected chi connectivity index (χ1v) is 5.00. The van der Waals surface area contributed by atoms with Crippen molar-refractivity contribution in [3.8, 4) is 0 Å². The van der Waals surface area contributed by atoms with E-state index in [9.17, 15) is 4.79 Å². The van der Waals surface area contributed by atoms with Gasteiger partial charge < -0.3 is 10.5 Å². The molecule has 1 aromatic rings. The highest BCUT2D eigenvalue weighted by atomic mass is 79.9. The molecule has 0 fully saturated rings. The van der Waals surface area contributed by atoms with Crippen LogP contribution in [-0.4, -0.2) is 19.1 Å². The van der Waals surface area contributed by atoms with Crippen LogP contribution in [0.25, 0.3) is 0 Å². The standard InChI is InChI=1S/C10H12BrNO2/c1-14-10(13)9(12)6-7-3-2-4-8(11)5-7/h2-5,9H,6,12H2,1H3/t9-/m1/s1. The van der Waals surface area contributed by atoms with E-state index in [0.29, 0.717) is 6.42 Å². The largest absolute Gasteiger partial charge is 0.468 e. The molecule has 0 aromatic heterocycles. The van der Waals surface area contributed by atoms with Crippen LogP contribution >= 0.6 is 15.9 Å². The van der Waals surface area contributed by atoms with E-state index in [0.717, 1.165) is 10.0 Å². The van der Waals surface area contributed by atoms with Crippen LogP contribution in [0.3, 0.4) is 0 Å². The smallest absolute Gasteiger partial charge is 0.322 e. The SMILES string of the molecule is COC(=O)[C@H](N)Cc1cccc(Br)c1. The number of carbonyl (C=O) groups excluding carboxylic acids is 1. The maximum absolute atomic E-state index is 11.0.